The number of nitrogens with zero attached hydrogens (tertiary/aromatic N) is 4. The number of rotatable bonds is 7. The fraction of sp³-hybridized carbons (Fsp3) is 0.500. The quantitative estimate of drug-likeness (QED) is 0.453. The standard InChI is InChI=1S/C24H29Cl2N5OS/c1-15(19-5-4-18(25)9-20(19)26)28-21-10-22(29-24-23(21)27-14-33-24)31-12-17(13-31)16-3-2-6-30(11-16)7-8-32/h4-5,9-10,14-17,32H,2-3,6-8,11-13H2,1H3,(H,28,29)/t15-,16+/m1/s1. The molecule has 2 saturated heterocycles. The molecule has 3 aromatic rings. The van der Waals surface area contributed by atoms with Crippen molar-refractivity contribution in [1.29, 1.82) is 0 Å². The van der Waals surface area contributed by atoms with Crippen molar-refractivity contribution in [3.05, 3.63) is 45.4 Å². The smallest absolute Gasteiger partial charge is 0.147 e. The van der Waals surface area contributed by atoms with E-state index in [0.717, 1.165) is 60.1 Å². The van der Waals surface area contributed by atoms with Crippen molar-refractivity contribution in [2.75, 3.05) is 49.5 Å². The van der Waals surface area contributed by atoms with Gasteiger partial charge < -0.3 is 20.2 Å². The third-order valence-corrected chi connectivity index (χ3v) is 8.23. The number of likely N-dealkylation sites (tertiary alicyclic amines) is 1. The average molecular weight is 507 g/mol. The summed E-state index contributed by atoms with van der Waals surface area (Å²) in [5, 5.41) is 14.2. The zero-order valence-corrected chi connectivity index (χ0v) is 21.0. The summed E-state index contributed by atoms with van der Waals surface area (Å²) in [6.07, 6.45) is 2.51. The summed E-state index contributed by atoms with van der Waals surface area (Å²) in [5.74, 6) is 2.40. The summed E-state index contributed by atoms with van der Waals surface area (Å²) >= 11 is 14.1. The van der Waals surface area contributed by atoms with Gasteiger partial charge in [0.1, 0.15) is 16.2 Å². The molecule has 4 heterocycles. The SMILES string of the molecule is C[C@@H](Nc1cc(N2CC([C@H]3CCCN(CCO)C3)C2)nc2scnc12)c1ccc(Cl)cc1Cl. The topological polar surface area (TPSA) is 64.5 Å². The van der Waals surface area contributed by atoms with Crippen molar-refractivity contribution in [2.24, 2.45) is 11.8 Å². The van der Waals surface area contributed by atoms with Gasteiger partial charge >= 0.3 is 0 Å². The number of aromatic nitrogens is 2. The van der Waals surface area contributed by atoms with Crippen LogP contribution >= 0.6 is 34.5 Å². The van der Waals surface area contributed by atoms with Gasteiger partial charge in [-0.05, 0) is 55.8 Å². The number of benzene rings is 1. The number of anilines is 2. The maximum atomic E-state index is 9.28. The molecule has 176 valence electrons. The molecule has 6 nitrogen and oxygen atoms in total. The molecular weight excluding hydrogens is 477 g/mol. The van der Waals surface area contributed by atoms with Crippen LogP contribution in [0, 0.1) is 11.8 Å². The monoisotopic (exact) mass is 505 g/mol. The van der Waals surface area contributed by atoms with E-state index in [1.165, 1.54) is 12.8 Å². The van der Waals surface area contributed by atoms with Crippen LogP contribution in [0.25, 0.3) is 10.3 Å². The second kappa shape index (κ2) is 9.92. The number of thiazole rings is 1. The van der Waals surface area contributed by atoms with Gasteiger partial charge in [0.25, 0.3) is 0 Å². The van der Waals surface area contributed by atoms with E-state index >= 15 is 0 Å². The third-order valence-electron chi connectivity index (χ3n) is 6.95. The Morgan fingerprint density at radius 2 is 2.06 bits per heavy atom. The first-order valence-electron chi connectivity index (χ1n) is 11.6. The first kappa shape index (κ1) is 23.1. The van der Waals surface area contributed by atoms with E-state index in [1.807, 2.05) is 17.6 Å². The lowest BCUT2D eigenvalue weighted by Crippen LogP contribution is -2.54. The van der Waals surface area contributed by atoms with Crippen LogP contribution in [-0.4, -0.2) is 59.3 Å². The highest BCUT2D eigenvalue weighted by atomic mass is 35.5. The second-order valence-corrected chi connectivity index (χ2v) is 10.8. The molecule has 1 aromatic carbocycles. The number of β-amino-alcohol motifs (C(OH)–C–C–N with tert-alkyl or cyclic N) is 1. The summed E-state index contributed by atoms with van der Waals surface area (Å²) in [6, 6.07) is 7.73. The van der Waals surface area contributed by atoms with Gasteiger partial charge in [-0.2, -0.15) is 0 Å². The van der Waals surface area contributed by atoms with Crippen LogP contribution in [0.15, 0.2) is 29.8 Å². The lowest BCUT2D eigenvalue weighted by molar-refractivity contribution is 0.102. The van der Waals surface area contributed by atoms with Gasteiger partial charge in [-0.1, -0.05) is 29.3 Å². The molecule has 2 aromatic heterocycles. The number of aliphatic hydroxyl groups is 1. The molecule has 0 saturated carbocycles. The molecule has 2 aliphatic rings. The van der Waals surface area contributed by atoms with E-state index in [1.54, 1.807) is 17.4 Å². The van der Waals surface area contributed by atoms with Gasteiger partial charge in [-0.25, -0.2) is 9.97 Å². The van der Waals surface area contributed by atoms with Crippen molar-refractivity contribution in [2.45, 2.75) is 25.8 Å². The number of piperidine rings is 1. The summed E-state index contributed by atoms with van der Waals surface area (Å²) in [4.78, 5) is 15.2. The summed E-state index contributed by atoms with van der Waals surface area (Å²) in [7, 11) is 0. The zero-order chi connectivity index (χ0) is 22.9. The van der Waals surface area contributed by atoms with Crippen molar-refractivity contribution >= 4 is 56.4 Å². The minimum absolute atomic E-state index is 0.00111. The van der Waals surface area contributed by atoms with Crippen molar-refractivity contribution in [3.63, 3.8) is 0 Å². The predicted molar refractivity (Wildman–Crippen MR) is 138 cm³/mol. The zero-order valence-electron chi connectivity index (χ0n) is 18.7. The fourth-order valence-electron chi connectivity index (χ4n) is 5.09. The highest BCUT2D eigenvalue weighted by Crippen LogP contribution is 2.37. The Morgan fingerprint density at radius 1 is 1.21 bits per heavy atom. The lowest BCUT2D eigenvalue weighted by Gasteiger charge is -2.47. The maximum Gasteiger partial charge on any atom is 0.147 e. The van der Waals surface area contributed by atoms with Crippen LogP contribution in [0.3, 0.4) is 0 Å². The first-order valence-corrected chi connectivity index (χ1v) is 13.2. The largest absolute Gasteiger partial charge is 0.395 e. The Kier molecular flexibility index (Phi) is 6.95. The van der Waals surface area contributed by atoms with Crippen molar-refractivity contribution < 1.29 is 5.11 Å². The van der Waals surface area contributed by atoms with Crippen LogP contribution < -0.4 is 10.2 Å². The van der Waals surface area contributed by atoms with E-state index in [-0.39, 0.29) is 12.6 Å². The number of hydrogen-bond acceptors (Lipinski definition) is 7. The van der Waals surface area contributed by atoms with Crippen molar-refractivity contribution in [3.8, 4) is 0 Å². The van der Waals surface area contributed by atoms with Crippen LogP contribution in [0.4, 0.5) is 11.5 Å². The Balaban J connectivity index is 1.30. The Morgan fingerprint density at radius 3 is 2.85 bits per heavy atom. The number of aliphatic hydroxyl groups excluding tert-OH is 1. The minimum atomic E-state index is -0.00111. The molecule has 0 aliphatic carbocycles. The molecule has 2 atom stereocenters. The third kappa shape index (κ3) is 4.93. The van der Waals surface area contributed by atoms with E-state index in [0.29, 0.717) is 21.9 Å². The molecule has 0 radical (unpaired) electrons. The number of nitrogens with one attached hydrogen (secondary N) is 1. The van der Waals surface area contributed by atoms with Gasteiger partial charge in [-0.3, -0.25) is 0 Å². The normalized spacial score (nSPS) is 20.7. The van der Waals surface area contributed by atoms with Gasteiger partial charge in [0.05, 0.1) is 23.8 Å². The maximum absolute atomic E-state index is 9.28. The van der Waals surface area contributed by atoms with Crippen molar-refractivity contribution in [1.82, 2.24) is 14.9 Å². The number of pyridine rings is 1. The second-order valence-electron chi connectivity index (χ2n) is 9.16. The van der Waals surface area contributed by atoms with Crippen LogP contribution in [0.5, 0.6) is 0 Å². The fourth-order valence-corrected chi connectivity index (χ4v) is 6.34. The summed E-state index contributed by atoms with van der Waals surface area (Å²) in [5.41, 5.74) is 4.72. The molecule has 9 heteroatoms. The van der Waals surface area contributed by atoms with Gasteiger partial charge in [-0.15, -0.1) is 11.3 Å². The summed E-state index contributed by atoms with van der Waals surface area (Å²) < 4.78 is 0. The lowest BCUT2D eigenvalue weighted by atomic mass is 9.80. The molecule has 5 rings (SSSR count). The Hall–Kier alpha value is -1.64. The molecule has 0 bridgehead atoms. The minimum Gasteiger partial charge on any atom is -0.395 e. The molecule has 2 N–H and O–H groups in total. The number of hydrogen-bond donors (Lipinski definition) is 2. The highest BCUT2D eigenvalue weighted by molar-refractivity contribution is 7.16. The molecule has 0 unspecified atom stereocenters. The van der Waals surface area contributed by atoms with Gasteiger partial charge in [0.2, 0.25) is 0 Å². The summed E-state index contributed by atoms with van der Waals surface area (Å²) in [6.45, 7) is 7.42. The van der Waals surface area contributed by atoms with Crippen LogP contribution in [0.2, 0.25) is 10.0 Å². The van der Waals surface area contributed by atoms with E-state index < -0.39 is 0 Å². The predicted octanol–water partition coefficient (Wildman–Crippen LogP) is 5.31. The molecule has 33 heavy (non-hydrogen) atoms. The van der Waals surface area contributed by atoms with Gasteiger partial charge in [0, 0.05) is 42.3 Å². The van der Waals surface area contributed by atoms with E-state index in [9.17, 15) is 5.11 Å². The number of halogens is 2. The molecule has 0 amide bonds. The van der Waals surface area contributed by atoms with Crippen LogP contribution in [-0.2, 0) is 0 Å². The number of fused-ring (bicyclic) bond motifs is 1. The Labute approximate surface area is 208 Å². The highest BCUT2D eigenvalue weighted by Gasteiger charge is 2.36. The Bertz CT molecular complexity index is 1120. The molecular formula is C24H29Cl2N5OS. The van der Waals surface area contributed by atoms with Crippen LogP contribution in [0.1, 0.15) is 31.4 Å². The van der Waals surface area contributed by atoms with E-state index in [4.69, 9.17) is 28.2 Å². The van der Waals surface area contributed by atoms with Gasteiger partial charge in [0.15, 0.2) is 0 Å². The van der Waals surface area contributed by atoms with E-state index in [2.05, 4.69) is 33.1 Å². The molecule has 2 fully saturated rings. The molecule has 0 spiro atoms. The average Bonchev–Trinajstić information content (AvgIpc) is 3.22. The molecule has 2 aliphatic heterocycles. The first-order chi connectivity index (χ1) is 16.0.